The molecule has 134 valence electrons. The second-order valence-corrected chi connectivity index (χ2v) is 6.07. The first-order chi connectivity index (χ1) is 11.2. The van der Waals surface area contributed by atoms with E-state index in [2.05, 4.69) is 4.90 Å². The molecule has 1 unspecified atom stereocenters. The summed E-state index contributed by atoms with van der Waals surface area (Å²) in [5.41, 5.74) is 1.000. The minimum Gasteiger partial charge on any atom is -0.346 e. The number of alkyl halides is 3. The number of nitrogens with one attached hydrogen (secondary N) is 1. The number of carbonyl (C=O) groups is 1. The maximum atomic E-state index is 12.9. The molecule has 0 bridgehead atoms. The van der Waals surface area contributed by atoms with E-state index in [1.165, 1.54) is 12.1 Å². The first kappa shape index (κ1) is 18.7. The Bertz CT molecular complexity index is 547. The first-order valence-electron chi connectivity index (χ1n) is 7.77. The Labute approximate surface area is 138 Å². The maximum Gasteiger partial charge on any atom is 0.405 e. The maximum absolute atomic E-state index is 12.9. The van der Waals surface area contributed by atoms with Crippen molar-refractivity contribution < 1.29 is 22.4 Å². The molecular formula is C16H21F4N3O. The van der Waals surface area contributed by atoms with Gasteiger partial charge in [-0.2, -0.15) is 13.2 Å². The molecular weight excluding hydrogens is 326 g/mol. The normalized spacial score (nSPS) is 20.1. The molecule has 1 heterocycles. The fraction of sp³-hybridized carbons (Fsp3) is 0.562. The number of hydrogen-bond donors (Lipinski definition) is 1. The second-order valence-electron chi connectivity index (χ2n) is 6.07. The van der Waals surface area contributed by atoms with Crippen molar-refractivity contribution in [3.8, 4) is 0 Å². The molecule has 1 N–H and O–H groups in total. The number of carbonyl (C=O) groups excluding carboxylic acids is 1. The van der Waals surface area contributed by atoms with Crippen molar-refractivity contribution in [2.75, 3.05) is 32.7 Å². The molecule has 1 atom stereocenters. The van der Waals surface area contributed by atoms with E-state index in [9.17, 15) is 22.4 Å². The van der Waals surface area contributed by atoms with Gasteiger partial charge in [0.1, 0.15) is 12.4 Å². The van der Waals surface area contributed by atoms with Gasteiger partial charge in [0.2, 0.25) is 5.91 Å². The number of benzene rings is 1. The molecule has 1 aromatic rings. The standard InChI is InChI=1S/C16H21F4N3O/c1-12-8-22(9-13-2-4-14(17)5-3-13)6-7-23(12)10-15(24)21-11-16(18,19)20/h2-5,12H,6-11H2,1H3,(H,21,24). The van der Waals surface area contributed by atoms with Gasteiger partial charge in [-0.1, -0.05) is 12.1 Å². The van der Waals surface area contributed by atoms with Crippen LogP contribution in [-0.2, 0) is 11.3 Å². The van der Waals surface area contributed by atoms with Crippen LogP contribution in [0.5, 0.6) is 0 Å². The first-order valence-corrected chi connectivity index (χ1v) is 7.77. The van der Waals surface area contributed by atoms with Gasteiger partial charge < -0.3 is 5.32 Å². The lowest BCUT2D eigenvalue weighted by Crippen LogP contribution is -2.54. The van der Waals surface area contributed by atoms with Crippen LogP contribution < -0.4 is 5.32 Å². The van der Waals surface area contributed by atoms with Crippen molar-refractivity contribution in [2.45, 2.75) is 25.7 Å². The number of piperazine rings is 1. The van der Waals surface area contributed by atoms with Crippen LogP contribution in [-0.4, -0.2) is 60.6 Å². The van der Waals surface area contributed by atoms with Crippen LogP contribution in [0.15, 0.2) is 24.3 Å². The van der Waals surface area contributed by atoms with E-state index in [0.29, 0.717) is 26.2 Å². The van der Waals surface area contributed by atoms with Gasteiger partial charge in [0, 0.05) is 32.2 Å². The van der Waals surface area contributed by atoms with Crippen LogP contribution in [0.2, 0.25) is 0 Å². The van der Waals surface area contributed by atoms with Gasteiger partial charge in [0.25, 0.3) is 0 Å². The van der Waals surface area contributed by atoms with E-state index in [1.54, 1.807) is 12.1 Å². The number of halogens is 4. The predicted molar refractivity (Wildman–Crippen MR) is 81.8 cm³/mol. The Morgan fingerprint density at radius 2 is 1.92 bits per heavy atom. The summed E-state index contributed by atoms with van der Waals surface area (Å²) < 4.78 is 49.2. The van der Waals surface area contributed by atoms with Gasteiger partial charge >= 0.3 is 6.18 Å². The van der Waals surface area contributed by atoms with Gasteiger partial charge in [-0.3, -0.25) is 14.6 Å². The summed E-state index contributed by atoms with van der Waals surface area (Å²) in [6.07, 6.45) is -4.39. The smallest absolute Gasteiger partial charge is 0.346 e. The van der Waals surface area contributed by atoms with Crippen LogP contribution in [0.1, 0.15) is 12.5 Å². The van der Waals surface area contributed by atoms with Crippen molar-refractivity contribution in [3.05, 3.63) is 35.6 Å². The summed E-state index contributed by atoms with van der Waals surface area (Å²) in [7, 11) is 0. The van der Waals surface area contributed by atoms with Crippen LogP contribution >= 0.6 is 0 Å². The highest BCUT2D eigenvalue weighted by Crippen LogP contribution is 2.14. The third kappa shape index (κ3) is 6.09. The number of rotatable bonds is 5. The van der Waals surface area contributed by atoms with E-state index < -0.39 is 18.6 Å². The molecule has 1 amide bonds. The lowest BCUT2D eigenvalue weighted by atomic mass is 10.1. The molecule has 24 heavy (non-hydrogen) atoms. The topological polar surface area (TPSA) is 35.6 Å². The molecule has 4 nitrogen and oxygen atoms in total. The van der Waals surface area contributed by atoms with E-state index >= 15 is 0 Å². The van der Waals surface area contributed by atoms with Crippen molar-refractivity contribution >= 4 is 5.91 Å². The van der Waals surface area contributed by atoms with Gasteiger partial charge in [-0.25, -0.2) is 4.39 Å². The number of amides is 1. The summed E-state index contributed by atoms with van der Waals surface area (Å²) in [5.74, 6) is -0.895. The molecule has 0 saturated carbocycles. The fourth-order valence-electron chi connectivity index (χ4n) is 2.74. The van der Waals surface area contributed by atoms with Crippen molar-refractivity contribution in [1.29, 1.82) is 0 Å². The molecule has 1 aliphatic heterocycles. The quantitative estimate of drug-likeness (QED) is 0.828. The third-order valence-corrected chi connectivity index (χ3v) is 4.00. The van der Waals surface area contributed by atoms with E-state index in [-0.39, 0.29) is 18.4 Å². The van der Waals surface area contributed by atoms with Gasteiger partial charge in [-0.15, -0.1) is 0 Å². The van der Waals surface area contributed by atoms with Gasteiger partial charge in [-0.05, 0) is 24.6 Å². The van der Waals surface area contributed by atoms with E-state index in [1.807, 2.05) is 17.1 Å². The molecule has 1 aliphatic rings. The minimum atomic E-state index is -4.39. The monoisotopic (exact) mass is 347 g/mol. The lowest BCUT2D eigenvalue weighted by molar-refractivity contribution is -0.139. The van der Waals surface area contributed by atoms with Crippen LogP contribution in [0.3, 0.4) is 0 Å². The summed E-state index contributed by atoms with van der Waals surface area (Å²) in [6, 6.07) is 6.35. The molecule has 2 rings (SSSR count). The summed E-state index contributed by atoms with van der Waals surface area (Å²) in [4.78, 5) is 15.7. The van der Waals surface area contributed by atoms with Crippen LogP contribution in [0.25, 0.3) is 0 Å². The SMILES string of the molecule is CC1CN(Cc2ccc(F)cc2)CCN1CC(=O)NCC(F)(F)F. The highest BCUT2D eigenvalue weighted by atomic mass is 19.4. The molecule has 1 fully saturated rings. The third-order valence-electron chi connectivity index (χ3n) is 4.00. The van der Waals surface area contributed by atoms with Crippen LogP contribution in [0, 0.1) is 5.82 Å². The van der Waals surface area contributed by atoms with Crippen molar-refractivity contribution in [1.82, 2.24) is 15.1 Å². The molecule has 1 saturated heterocycles. The zero-order valence-corrected chi connectivity index (χ0v) is 13.4. The Morgan fingerprint density at radius 3 is 2.50 bits per heavy atom. The molecule has 0 radical (unpaired) electrons. The summed E-state index contributed by atoms with van der Waals surface area (Å²) >= 11 is 0. The Morgan fingerprint density at radius 1 is 1.25 bits per heavy atom. The number of hydrogen-bond acceptors (Lipinski definition) is 3. The molecule has 1 aromatic carbocycles. The van der Waals surface area contributed by atoms with Crippen molar-refractivity contribution in [3.63, 3.8) is 0 Å². The Hall–Kier alpha value is -1.67. The molecule has 0 spiro atoms. The lowest BCUT2D eigenvalue weighted by Gasteiger charge is -2.39. The fourth-order valence-corrected chi connectivity index (χ4v) is 2.74. The van der Waals surface area contributed by atoms with Gasteiger partial charge in [0.05, 0.1) is 6.54 Å². The minimum absolute atomic E-state index is 0.0400. The molecule has 8 heteroatoms. The number of nitrogens with zero attached hydrogens (tertiary/aromatic N) is 2. The zero-order valence-electron chi connectivity index (χ0n) is 13.4. The van der Waals surface area contributed by atoms with Gasteiger partial charge in [0.15, 0.2) is 0 Å². The van der Waals surface area contributed by atoms with Crippen molar-refractivity contribution in [2.24, 2.45) is 0 Å². The highest BCUT2D eigenvalue weighted by Gasteiger charge is 2.29. The Kier molecular flexibility index (Phi) is 6.17. The Balaban J connectivity index is 1.78. The average molecular weight is 347 g/mol. The van der Waals surface area contributed by atoms with Crippen LogP contribution in [0.4, 0.5) is 17.6 Å². The largest absolute Gasteiger partial charge is 0.405 e. The highest BCUT2D eigenvalue weighted by molar-refractivity contribution is 5.78. The molecule has 0 aromatic heterocycles. The summed E-state index contributed by atoms with van der Waals surface area (Å²) in [6.45, 7) is 3.28. The average Bonchev–Trinajstić information content (AvgIpc) is 2.50. The zero-order chi connectivity index (χ0) is 17.7. The predicted octanol–water partition coefficient (Wildman–Crippen LogP) is 2.01. The van der Waals surface area contributed by atoms with E-state index in [4.69, 9.17) is 0 Å². The van der Waals surface area contributed by atoms with E-state index in [0.717, 1.165) is 5.56 Å². The summed E-state index contributed by atoms with van der Waals surface area (Å²) in [5, 5.41) is 1.89. The second kappa shape index (κ2) is 7.94. The molecule has 0 aliphatic carbocycles.